The zero-order chi connectivity index (χ0) is 10.4. The maximum Gasteiger partial charge on any atom is 0.146 e. The molecule has 0 aromatic heterocycles. The Labute approximate surface area is 83.4 Å². The lowest BCUT2D eigenvalue weighted by molar-refractivity contribution is 0.628. The number of hydrogen-bond donors (Lipinski definition) is 1. The van der Waals surface area contributed by atoms with Crippen molar-refractivity contribution in [2.75, 3.05) is 11.9 Å². The van der Waals surface area contributed by atoms with Gasteiger partial charge < -0.3 is 5.32 Å². The van der Waals surface area contributed by atoms with Crippen molar-refractivity contribution < 1.29 is 4.39 Å². The molecule has 0 bridgehead atoms. The first-order chi connectivity index (χ1) is 6.75. The Kier molecular flexibility index (Phi) is 3.93. The lowest BCUT2D eigenvalue weighted by atomic mass is 10.2. The topological polar surface area (TPSA) is 35.8 Å². The van der Waals surface area contributed by atoms with E-state index in [1.54, 1.807) is 6.07 Å². The lowest BCUT2D eigenvalue weighted by Gasteiger charge is -2.09. The minimum absolute atomic E-state index is 0.234. The third-order valence-electron chi connectivity index (χ3n) is 1.99. The van der Waals surface area contributed by atoms with Gasteiger partial charge in [-0.15, -0.1) is 0 Å². The van der Waals surface area contributed by atoms with Crippen molar-refractivity contribution >= 4 is 5.69 Å². The summed E-state index contributed by atoms with van der Waals surface area (Å²) in [7, 11) is 0. The van der Waals surface area contributed by atoms with Gasteiger partial charge in [0.1, 0.15) is 5.82 Å². The summed E-state index contributed by atoms with van der Waals surface area (Å²) in [5.41, 5.74) is 1.44. The van der Waals surface area contributed by atoms with Gasteiger partial charge in [0.2, 0.25) is 0 Å². The first-order valence-electron chi connectivity index (χ1n) is 4.61. The monoisotopic (exact) mass is 192 g/mol. The van der Waals surface area contributed by atoms with E-state index >= 15 is 0 Å². The summed E-state index contributed by atoms with van der Waals surface area (Å²) < 4.78 is 13.2. The number of benzene rings is 1. The third-order valence-corrected chi connectivity index (χ3v) is 1.99. The molecule has 0 aliphatic carbocycles. The summed E-state index contributed by atoms with van der Waals surface area (Å²) >= 11 is 0. The quantitative estimate of drug-likeness (QED) is 0.744. The summed E-state index contributed by atoms with van der Waals surface area (Å²) in [6, 6.07) is 7.02. The molecule has 2 nitrogen and oxygen atoms in total. The molecule has 0 radical (unpaired) electrons. The van der Waals surface area contributed by atoms with Gasteiger partial charge in [-0.05, 0) is 25.0 Å². The van der Waals surface area contributed by atoms with Gasteiger partial charge in [-0.2, -0.15) is 5.26 Å². The average molecular weight is 192 g/mol. The van der Waals surface area contributed by atoms with Crippen molar-refractivity contribution in [2.45, 2.75) is 19.8 Å². The molecule has 1 aromatic rings. The Morgan fingerprint density at radius 1 is 1.50 bits per heavy atom. The van der Waals surface area contributed by atoms with E-state index in [-0.39, 0.29) is 5.82 Å². The molecule has 0 heterocycles. The van der Waals surface area contributed by atoms with Crippen LogP contribution in [0.3, 0.4) is 0 Å². The molecular weight excluding hydrogens is 179 g/mol. The van der Waals surface area contributed by atoms with E-state index in [9.17, 15) is 4.39 Å². The minimum Gasteiger partial charge on any atom is -0.382 e. The number of rotatable bonds is 4. The van der Waals surface area contributed by atoms with Gasteiger partial charge in [0.25, 0.3) is 0 Å². The zero-order valence-electron chi connectivity index (χ0n) is 8.18. The van der Waals surface area contributed by atoms with Gasteiger partial charge in [0, 0.05) is 13.0 Å². The zero-order valence-corrected chi connectivity index (χ0v) is 8.18. The maximum absolute atomic E-state index is 13.2. The highest BCUT2D eigenvalue weighted by atomic mass is 19.1. The van der Waals surface area contributed by atoms with E-state index in [0.717, 1.165) is 12.0 Å². The highest BCUT2D eigenvalue weighted by molar-refractivity contribution is 5.51. The Morgan fingerprint density at radius 2 is 2.29 bits per heavy atom. The first-order valence-corrected chi connectivity index (χ1v) is 4.61. The normalized spacial score (nSPS) is 9.50. The molecule has 0 fully saturated rings. The molecule has 0 saturated heterocycles. The van der Waals surface area contributed by atoms with Crippen LogP contribution in [0.2, 0.25) is 0 Å². The van der Waals surface area contributed by atoms with Crippen molar-refractivity contribution in [1.82, 2.24) is 0 Å². The van der Waals surface area contributed by atoms with Crippen LogP contribution in [0.15, 0.2) is 18.2 Å². The smallest absolute Gasteiger partial charge is 0.146 e. The largest absolute Gasteiger partial charge is 0.382 e. The van der Waals surface area contributed by atoms with Crippen LogP contribution in [0.4, 0.5) is 10.1 Å². The molecule has 0 unspecified atom stereocenters. The molecule has 3 heteroatoms. The summed E-state index contributed by atoms with van der Waals surface area (Å²) in [4.78, 5) is 0. The molecule has 1 N–H and O–H groups in total. The van der Waals surface area contributed by atoms with Crippen LogP contribution in [0.1, 0.15) is 18.4 Å². The van der Waals surface area contributed by atoms with Gasteiger partial charge in [-0.3, -0.25) is 0 Å². The van der Waals surface area contributed by atoms with Gasteiger partial charge >= 0.3 is 0 Å². The fourth-order valence-electron chi connectivity index (χ4n) is 1.24. The van der Waals surface area contributed by atoms with Crippen molar-refractivity contribution in [3.63, 3.8) is 0 Å². The van der Waals surface area contributed by atoms with Crippen molar-refractivity contribution in [3.05, 3.63) is 29.6 Å². The number of anilines is 1. The fourth-order valence-corrected chi connectivity index (χ4v) is 1.24. The highest BCUT2D eigenvalue weighted by Crippen LogP contribution is 2.18. The summed E-state index contributed by atoms with van der Waals surface area (Å²) in [5.74, 6) is -0.234. The summed E-state index contributed by atoms with van der Waals surface area (Å²) in [6.45, 7) is 2.49. The number of halogens is 1. The van der Waals surface area contributed by atoms with Crippen molar-refractivity contribution in [3.8, 4) is 6.07 Å². The molecule has 0 saturated carbocycles. The van der Waals surface area contributed by atoms with Gasteiger partial charge in [0.15, 0.2) is 0 Å². The predicted octanol–water partition coefficient (Wildman–Crippen LogP) is 2.85. The Balaban J connectivity index is 2.54. The molecule has 0 aliphatic rings. The van der Waals surface area contributed by atoms with E-state index in [4.69, 9.17) is 5.26 Å². The van der Waals surface area contributed by atoms with Crippen LogP contribution < -0.4 is 5.32 Å². The number of unbranched alkanes of at least 4 members (excludes halogenated alkanes) is 1. The lowest BCUT2D eigenvalue weighted by Crippen LogP contribution is -2.04. The Morgan fingerprint density at radius 3 is 2.93 bits per heavy atom. The summed E-state index contributed by atoms with van der Waals surface area (Å²) in [6.07, 6.45) is 1.24. The molecule has 0 spiro atoms. The van der Waals surface area contributed by atoms with Gasteiger partial charge in [0.05, 0.1) is 11.8 Å². The third kappa shape index (κ3) is 2.74. The van der Waals surface area contributed by atoms with E-state index in [1.807, 2.05) is 19.1 Å². The molecule has 0 aliphatic heterocycles. The molecule has 14 heavy (non-hydrogen) atoms. The van der Waals surface area contributed by atoms with Gasteiger partial charge in [-0.25, -0.2) is 4.39 Å². The van der Waals surface area contributed by atoms with E-state index in [0.29, 0.717) is 18.7 Å². The molecule has 74 valence electrons. The second kappa shape index (κ2) is 5.23. The Hall–Kier alpha value is -1.56. The molecule has 1 aromatic carbocycles. The van der Waals surface area contributed by atoms with Crippen LogP contribution in [0.25, 0.3) is 0 Å². The molecule has 1 rings (SSSR count). The van der Waals surface area contributed by atoms with E-state index < -0.39 is 0 Å². The van der Waals surface area contributed by atoms with Crippen LogP contribution in [-0.2, 0) is 0 Å². The SMILES string of the molecule is Cc1cccc(F)c1NCCCC#N. The van der Waals surface area contributed by atoms with Crippen LogP contribution >= 0.6 is 0 Å². The summed E-state index contributed by atoms with van der Waals surface area (Å²) in [5, 5.41) is 11.3. The molecule has 0 amide bonds. The average Bonchev–Trinajstić information content (AvgIpc) is 2.16. The predicted molar refractivity (Wildman–Crippen MR) is 54.5 cm³/mol. The number of para-hydroxylation sites is 1. The molecular formula is C11H13FN2. The number of nitrogens with one attached hydrogen (secondary N) is 1. The van der Waals surface area contributed by atoms with E-state index in [1.165, 1.54) is 6.07 Å². The first kappa shape index (κ1) is 10.5. The minimum atomic E-state index is -0.234. The maximum atomic E-state index is 13.2. The van der Waals surface area contributed by atoms with Crippen molar-refractivity contribution in [1.29, 1.82) is 5.26 Å². The van der Waals surface area contributed by atoms with Crippen LogP contribution in [0, 0.1) is 24.1 Å². The second-order valence-electron chi connectivity index (χ2n) is 3.12. The highest BCUT2D eigenvalue weighted by Gasteiger charge is 2.02. The van der Waals surface area contributed by atoms with Crippen molar-refractivity contribution in [2.24, 2.45) is 0 Å². The van der Waals surface area contributed by atoms with E-state index in [2.05, 4.69) is 5.32 Å². The molecule has 0 atom stereocenters. The number of nitriles is 1. The fraction of sp³-hybridized carbons (Fsp3) is 0.364. The second-order valence-corrected chi connectivity index (χ2v) is 3.12. The van der Waals surface area contributed by atoms with Gasteiger partial charge in [-0.1, -0.05) is 12.1 Å². The van der Waals surface area contributed by atoms with Crippen LogP contribution in [0.5, 0.6) is 0 Å². The standard InChI is InChI=1S/C11H13FN2/c1-9-5-4-6-10(12)11(9)14-8-3-2-7-13/h4-6,14H,2-3,8H2,1H3. The number of nitrogens with zero attached hydrogens (tertiary/aromatic N) is 1. The number of hydrogen-bond acceptors (Lipinski definition) is 2. The number of aryl methyl sites for hydroxylation is 1. The Bertz CT molecular complexity index is 321. The van der Waals surface area contributed by atoms with Crippen LogP contribution in [-0.4, -0.2) is 6.54 Å².